The highest BCUT2D eigenvalue weighted by molar-refractivity contribution is 5.12. The number of rotatable bonds is 1. The van der Waals surface area contributed by atoms with E-state index in [2.05, 4.69) is 25.0 Å². The third-order valence-corrected chi connectivity index (χ3v) is 1.68. The van der Waals surface area contributed by atoms with Crippen molar-refractivity contribution in [2.24, 2.45) is 0 Å². The van der Waals surface area contributed by atoms with E-state index in [-0.39, 0.29) is 0 Å². The Balaban J connectivity index is 2.50. The maximum absolute atomic E-state index is 3.83. The van der Waals surface area contributed by atoms with E-state index in [4.69, 9.17) is 0 Å². The van der Waals surface area contributed by atoms with Gasteiger partial charge in [-0.1, -0.05) is 19.1 Å². The molecule has 0 radical (unpaired) electrons. The largest absolute Gasteiger partial charge is 0.366 e. The first-order valence-electron chi connectivity index (χ1n) is 3.45. The first-order valence-corrected chi connectivity index (χ1v) is 3.45. The van der Waals surface area contributed by atoms with Crippen LogP contribution in [0.1, 0.15) is 26.2 Å². The molecule has 1 heteroatoms. The minimum absolute atomic E-state index is 1.11. The van der Waals surface area contributed by atoms with E-state index in [1.165, 1.54) is 18.4 Å². The SMILES string of the molecule is C=C1CCC(CC)=CN1. The molecule has 0 amide bonds. The van der Waals surface area contributed by atoms with Crippen LogP contribution in [0.15, 0.2) is 24.0 Å². The lowest BCUT2D eigenvalue weighted by Gasteiger charge is -2.14. The third-order valence-electron chi connectivity index (χ3n) is 1.68. The normalized spacial score (nSPS) is 18.8. The Morgan fingerprint density at radius 2 is 2.44 bits per heavy atom. The molecule has 1 aliphatic rings. The molecular weight excluding hydrogens is 110 g/mol. The number of allylic oxidation sites excluding steroid dienone is 2. The molecule has 0 aromatic rings. The van der Waals surface area contributed by atoms with Crippen LogP contribution < -0.4 is 5.32 Å². The molecule has 0 saturated heterocycles. The molecule has 0 unspecified atom stereocenters. The molecule has 1 aliphatic heterocycles. The van der Waals surface area contributed by atoms with Crippen LogP contribution >= 0.6 is 0 Å². The minimum atomic E-state index is 1.11. The summed E-state index contributed by atoms with van der Waals surface area (Å²) in [6.07, 6.45) is 5.55. The van der Waals surface area contributed by atoms with Crippen molar-refractivity contribution in [3.8, 4) is 0 Å². The van der Waals surface area contributed by atoms with Crippen molar-refractivity contribution in [3.63, 3.8) is 0 Å². The summed E-state index contributed by atoms with van der Waals surface area (Å²) in [5, 5.41) is 3.13. The molecule has 1 rings (SSSR count). The van der Waals surface area contributed by atoms with Gasteiger partial charge in [0.25, 0.3) is 0 Å². The van der Waals surface area contributed by atoms with Crippen LogP contribution in [0, 0.1) is 0 Å². The average Bonchev–Trinajstić information content (AvgIpc) is 1.90. The van der Waals surface area contributed by atoms with Crippen LogP contribution in [-0.2, 0) is 0 Å². The number of nitrogens with one attached hydrogen (secondary N) is 1. The van der Waals surface area contributed by atoms with E-state index in [1.54, 1.807) is 0 Å². The highest BCUT2D eigenvalue weighted by Gasteiger charge is 2.01. The second-order valence-corrected chi connectivity index (χ2v) is 2.40. The van der Waals surface area contributed by atoms with Gasteiger partial charge in [0.05, 0.1) is 0 Å². The predicted octanol–water partition coefficient (Wildman–Crippen LogP) is 2.18. The molecular formula is C8H13N. The van der Waals surface area contributed by atoms with Gasteiger partial charge in [-0.15, -0.1) is 0 Å². The lowest BCUT2D eigenvalue weighted by molar-refractivity contribution is 0.772. The fourth-order valence-electron chi connectivity index (χ4n) is 0.939. The molecule has 0 aromatic carbocycles. The van der Waals surface area contributed by atoms with Gasteiger partial charge in [0.2, 0.25) is 0 Å². The summed E-state index contributed by atoms with van der Waals surface area (Å²) in [5.41, 5.74) is 2.65. The maximum Gasteiger partial charge on any atom is 0.00765 e. The van der Waals surface area contributed by atoms with Crippen molar-refractivity contribution < 1.29 is 0 Å². The topological polar surface area (TPSA) is 12.0 Å². The summed E-state index contributed by atoms with van der Waals surface area (Å²) < 4.78 is 0. The Morgan fingerprint density at radius 1 is 1.67 bits per heavy atom. The summed E-state index contributed by atoms with van der Waals surface area (Å²) >= 11 is 0. The zero-order valence-electron chi connectivity index (χ0n) is 5.91. The van der Waals surface area contributed by atoms with Gasteiger partial charge in [-0.05, 0) is 25.5 Å². The molecule has 0 saturated carbocycles. The van der Waals surface area contributed by atoms with Crippen molar-refractivity contribution in [2.45, 2.75) is 26.2 Å². The van der Waals surface area contributed by atoms with Gasteiger partial charge in [-0.2, -0.15) is 0 Å². The lowest BCUT2D eigenvalue weighted by Crippen LogP contribution is -2.10. The summed E-state index contributed by atoms with van der Waals surface area (Å²) in [4.78, 5) is 0. The average molecular weight is 123 g/mol. The molecule has 9 heavy (non-hydrogen) atoms. The fraction of sp³-hybridized carbons (Fsp3) is 0.500. The molecule has 50 valence electrons. The fourth-order valence-corrected chi connectivity index (χ4v) is 0.939. The summed E-state index contributed by atoms with van der Waals surface area (Å²) in [6, 6.07) is 0. The minimum Gasteiger partial charge on any atom is -0.366 e. The summed E-state index contributed by atoms with van der Waals surface area (Å²) in [6.45, 7) is 6.01. The molecule has 1 heterocycles. The predicted molar refractivity (Wildman–Crippen MR) is 39.9 cm³/mol. The van der Waals surface area contributed by atoms with Gasteiger partial charge >= 0.3 is 0 Å². The van der Waals surface area contributed by atoms with Gasteiger partial charge in [-0.25, -0.2) is 0 Å². The monoisotopic (exact) mass is 123 g/mol. The van der Waals surface area contributed by atoms with E-state index in [0.717, 1.165) is 12.1 Å². The van der Waals surface area contributed by atoms with Crippen LogP contribution in [-0.4, -0.2) is 0 Å². The maximum atomic E-state index is 3.83. The Bertz CT molecular complexity index is 145. The van der Waals surface area contributed by atoms with E-state index >= 15 is 0 Å². The quantitative estimate of drug-likeness (QED) is 0.563. The lowest BCUT2D eigenvalue weighted by atomic mass is 10.1. The van der Waals surface area contributed by atoms with Crippen molar-refractivity contribution in [2.75, 3.05) is 0 Å². The summed E-state index contributed by atoms with van der Waals surface area (Å²) in [5.74, 6) is 0. The third kappa shape index (κ3) is 1.60. The summed E-state index contributed by atoms with van der Waals surface area (Å²) in [7, 11) is 0. The Hall–Kier alpha value is -0.720. The molecule has 1 nitrogen and oxygen atoms in total. The molecule has 1 N–H and O–H groups in total. The molecule has 0 spiro atoms. The van der Waals surface area contributed by atoms with Crippen molar-refractivity contribution in [1.82, 2.24) is 5.32 Å². The Labute approximate surface area is 56.5 Å². The van der Waals surface area contributed by atoms with Gasteiger partial charge in [0.15, 0.2) is 0 Å². The van der Waals surface area contributed by atoms with E-state index in [1.807, 2.05) is 0 Å². The van der Waals surface area contributed by atoms with Gasteiger partial charge in [-0.3, -0.25) is 0 Å². The van der Waals surface area contributed by atoms with Gasteiger partial charge in [0, 0.05) is 5.70 Å². The first kappa shape index (κ1) is 6.40. The standard InChI is InChI=1S/C8H13N/c1-3-8-5-4-7(2)9-6-8/h6,9H,2-5H2,1H3. The van der Waals surface area contributed by atoms with Crippen molar-refractivity contribution in [1.29, 1.82) is 0 Å². The number of hydrogen-bond acceptors (Lipinski definition) is 1. The van der Waals surface area contributed by atoms with Gasteiger partial charge in [0.1, 0.15) is 0 Å². The second kappa shape index (κ2) is 2.72. The van der Waals surface area contributed by atoms with Crippen molar-refractivity contribution in [3.05, 3.63) is 24.0 Å². The number of hydrogen-bond donors (Lipinski definition) is 1. The van der Waals surface area contributed by atoms with Crippen LogP contribution in [0.5, 0.6) is 0 Å². The molecule has 0 fully saturated rings. The smallest absolute Gasteiger partial charge is 0.00765 e. The Kier molecular flexibility index (Phi) is 1.93. The van der Waals surface area contributed by atoms with Crippen LogP contribution in [0.3, 0.4) is 0 Å². The highest BCUT2D eigenvalue weighted by atomic mass is 14.9. The zero-order chi connectivity index (χ0) is 6.69. The van der Waals surface area contributed by atoms with E-state index < -0.39 is 0 Å². The Morgan fingerprint density at radius 3 is 2.89 bits per heavy atom. The second-order valence-electron chi connectivity index (χ2n) is 2.40. The molecule has 0 atom stereocenters. The van der Waals surface area contributed by atoms with Crippen molar-refractivity contribution >= 4 is 0 Å². The van der Waals surface area contributed by atoms with E-state index in [9.17, 15) is 0 Å². The molecule has 0 aromatic heterocycles. The van der Waals surface area contributed by atoms with E-state index in [0.29, 0.717) is 0 Å². The highest BCUT2D eigenvalue weighted by Crippen LogP contribution is 2.15. The molecule has 0 bridgehead atoms. The van der Waals surface area contributed by atoms with Crippen LogP contribution in [0.2, 0.25) is 0 Å². The van der Waals surface area contributed by atoms with Crippen LogP contribution in [0.25, 0.3) is 0 Å². The molecule has 0 aliphatic carbocycles. The van der Waals surface area contributed by atoms with Crippen LogP contribution in [0.4, 0.5) is 0 Å². The zero-order valence-corrected chi connectivity index (χ0v) is 5.91. The first-order chi connectivity index (χ1) is 4.33. The van der Waals surface area contributed by atoms with Gasteiger partial charge < -0.3 is 5.32 Å².